The van der Waals surface area contributed by atoms with Crippen molar-refractivity contribution in [3.63, 3.8) is 0 Å². The highest BCUT2D eigenvalue weighted by Crippen LogP contribution is 2.18. The normalized spacial score (nSPS) is 15.1. The summed E-state index contributed by atoms with van der Waals surface area (Å²) in [5.74, 6) is -0.129. The van der Waals surface area contributed by atoms with E-state index in [1.807, 2.05) is 10.6 Å². The number of amidine groups is 1. The van der Waals surface area contributed by atoms with Crippen LogP contribution in [0.5, 0.6) is 0 Å². The molecular weight excluding hydrogens is 252 g/mol. The van der Waals surface area contributed by atoms with E-state index in [9.17, 15) is 4.79 Å². The number of nitrogens with one attached hydrogen (secondary N) is 1. The second-order valence-electron chi connectivity index (χ2n) is 5.60. The van der Waals surface area contributed by atoms with Gasteiger partial charge < -0.3 is 15.2 Å². The van der Waals surface area contributed by atoms with Crippen molar-refractivity contribution < 1.29 is 0 Å². The zero-order valence-electron chi connectivity index (χ0n) is 12.4. The Morgan fingerprint density at radius 3 is 2.85 bits per heavy atom. The van der Waals surface area contributed by atoms with Gasteiger partial charge in [0, 0.05) is 31.7 Å². The van der Waals surface area contributed by atoms with Crippen molar-refractivity contribution in [2.45, 2.75) is 45.7 Å². The molecule has 1 aliphatic rings. The van der Waals surface area contributed by atoms with E-state index >= 15 is 0 Å². The predicted octanol–water partition coefficient (Wildman–Crippen LogP) is 1.31. The number of hydrogen-bond acceptors (Lipinski definition) is 3. The second kappa shape index (κ2) is 6.22. The van der Waals surface area contributed by atoms with Gasteiger partial charge in [0.05, 0.1) is 5.56 Å². The first-order valence-corrected chi connectivity index (χ1v) is 7.33. The lowest BCUT2D eigenvalue weighted by Gasteiger charge is -2.28. The van der Waals surface area contributed by atoms with Crippen molar-refractivity contribution in [2.75, 3.05) is 13.6 Å². The van der Waals surface area contributed by atoms with Crippen molar-refractivity contribution >= 4 is 5.84 Å². The van der Waals surface area contributed by atoms with E-state index in [-0.39, 0.29) is 11.4 Å². The SMILES string of the molecule is CCCCCn1c2c(cc(C(=N)N)c1=O)CN(C)CC2. The van der Waals surface area contributed by atoms with Crippen LogP contribution in [-0.4, -0.2) is 28.9 Å². The van der Waals surface area contributed by atoms with E-state index in [1.54, 1.807) is 0 Å². The monoisotopic (exact) mass is 276 g/mol. The van der Waals surface area contributed by atoms with Crippen LogP contribution in [0.25, 0.3) is 0 Å². The molecule has 1 aromatic heterocycles. The Kier molecular flexibility index (Phi) is 4.60. The number of nitrogens with zero attached hydrogens (tertiary/aromatic N) is 2. The van der Waals surface area contributed by atoms with Crippen molar-refractivity contribution in [1.29, 1.82) is 5.41 Å². The summed E-state index contributed by atoms with van der Waals surface area (Å²) in [6.45, 7) is 4.68. The number of nitrogens with two attached hydrogens (primary N) is 1. The number of rotatable bonds is 5. The number of hydrogen-bond donors (Lipinski definition) is 2. The van der Waals surface area contributed by atoms with Gasteiger partial charge in [-0.25, -0.2) is 0 Å². The summed E-state index contributed by atoms with van der Waals surface area (Å²) in [6, 6.07) is 1.81. The Labute approximate surface area is 119 Å². The molecule has 0 radical (unpaired) electrons. The minimum atomic E-state index is -0.129. The van der Waals surface area contributed by atoms with Crippen LogP contribution in [0.3, 0.4) is 0 Å². The van der Waals surface area contributed by atoms with Gasteiger partial charge in [-0.3, -0.25) is 10.2 Å². The molecule has 0 atom stereocenters. The summed E-state index contributed by atoms with van der Waals surface area (Å²) < 4.78 is 1.86. The van der Waals surface area contributed by atoms with E-state index in [4.69, 9.17) is 11.1 Å². The maximum atomic E-state index is 12.5. The number of aromatic nitrogens is 1. The smallest absolute Gasteiger partial charge is 0.261 e. The molecule has 0 spiro atoms. The van der Waals surface area contributed by atoms with Crippen LogP contribution >= 0.6 is 0 Å². The Hall–Kier alpha value is -1.62. The third-order valence-corrected chi connectivity index (χ3v) is 3.94. The van der Waals surface area contributed by atoms with Crippen LogP contribution in [0.2, 0.25) is 0 Å². The first-order chi connectivity index (χ1) is 9.54. The highest BCUT2D eigenvalue weighted by atomic mass is 16.1. The molecule has 2 rings (SSSR count). The lowest BCUT2D eigenvalue weighted by Crippen LogP contribution is -2.37. The van der Waals surface area contributed by atoms with E-state index in [2.05, 4.69) is 18.9 Å². The summed E-state index contributed by atoms with van der Waals surface area (Å²) in [4.78, 5) is 14.7. The molecule has 0 aromatic carbocycles. The number of pyridine rings is 1. The fraction of sp³-hybridized carbons (Fsp3) is 0.600. The molecule has 3 N–H and O–H groups in total. The largest absolute Gasteiger partial charge is 0.384 e. The van der Waals surface area contributed by atoms with E-state index < -0.39 is 0 Å². The first kappa shape index (κ1) is 14.8. The third kappa shape index (κ3) is 2.93. The molecular formula is C15H24N4O. The summed E-state index contributed by atoms with van der Waals surface area (Å²) in [5.41, 5.74) is 8.08. The lowest BCUT2D eigenvalue weighted by molar-refractivity contribution is 0.303. The van der Waals surface area contributed by atoms with E-state index in [1.165, 1.54) is 0 Å². The Balaban J connectivity index is 2.46. The topological polar surface area (TPSA) is 75.1 Å². The molecule has 110 valence electrons. The van der Waals surface area contributed by atoms with Crippen LogP contribution < -0.4 is 11.3 Å². The standard InChI is InChI=1S/C15H24N4O/c1-3-4-5-7-19-13-6-8-18(2)10-11(13)9-12(14(16)17)15(19)20/h9H,3-8,10H2,1-2H3,(H3,16,17). The molecule has 0 fully saturated rings. The molecule has 0 aliphatic carbocycles. The minimum Gasteiger partial charge on any atom is -0.384 e. The van der Waals surface area contributed by atoms with Gasteiger partial charge in [-0.05, 0) is 25.1 Å². The predicted molar refractivity (Wildman–Crippen MR) is 81.3 cm³/mol. The van der Waals surface area contributed by atoms with Gasteiger partial charge in [0.1, 0.15) is 5.84 Å². The molecule has 5 heteroatoms. The van der Waals surface area contributed by atoms with E-state index in [0.29, 0.717) is 5.56 Å². The van der Waals surface area contributed by atoms with Gasteiger partial charge in [0.25, 0.3) is 5.56 Å². The van der Waals surface area contributed by atoms with Crippen LogP contribution in [0.1, 0.15) is 43.0 Å². The average Bonchev–Trinajstić information content (AvgIpc) is 2.40. The number of unbranched alkanes of at least 4 members (excludes halogenated alkanes) is 2. The molecule has 1 aromatic rings. The van der Waals surface area contributed by atoms with Crippen LogP contribution in [0, 0.1) is 5.41 Å². The van der Waals surface area contributed by atoms with E-state index in [0.717, 1.165) is 56.6 Å². The molecule has 1 aliphatic heterocycles. The lowest BCUT2D eigenvalue weighted by atomic mass is 10.0. The summed E-state index contributed by atoms with van der Waals surface area (Å²) in [6.07, 6.45) is 4.14. The Morgan fingerprint density at radius 2 is 2.20 bits per heavy atom. The van der Waals surface area contributed by atoms with Gasteiger partial charge in [0.15, 0.2) is 0 Å². The van der Waals surface area contributed by atoms with Crippen molar-refractivity contribution in [1.82, 2.24) is 9.47 Å². The summed E-state index contributed by atoms with van der Waals surface area (Å²) in [7, 11) is 2.07. The molecule has 2 heterocycles. The molecule has 0 bridgehead atoms. The quantitative estimate of drug-likeness (QED) is 0.484. The Morgan fingerprint density at radius 1 is 1.45 bits per heavy atom. The number of nitrogen functional groups attached to an aromatic ring is 1. The number of fused-ring (bicyclic) bond motifs is 1. The zero-order chi connectivity index (χ0) is 14.7. The fourth-order valence-electron chi connectivity index (χ4n) is 2.81. The highest BCUT2D eigenvalue weighted by Gasteiger charge is 2.20. The Bertz CT molecular complexity index is 562. The van der Waals surface area contributed by atoms with Gasteiger partial charge in [-0.1, -0.05) is 19.8 Å². The van der Waals surface area contributed by atoms with Gasteiger partial charge in [-0.2, -0.15) is 0 Å². The molecule has 5 nitrogen and oxygen atoms in total. The maximum Gasteiger partial charge on any atom is 0.261 e. The number of likely N-dealkylation sites (N-methyl/N-ethyl adjacent to an activating group) is 1. The molecule has 20 heavy (non-hydrogen) atoms. The van der Waals surface area contributed by atoms with Crippen molar-refractivity contribution in [3.8, 4) is 0 Å². The summed E-state index contributed by atoms with van der Waals surface area (Å²) in [5, 5.41) is 7.60. The first-order valence-electron chi connectivity index (χ1n) is 7.33. The molecule has 0 amide bonds. The van der Waals surface area contributed by atoms with Gasteiger partial charge >= 0.3 is 0 Å². The molecule has 0 saturated heterocycles. The van der Waals surface area contributed by atoms with Crippen LogP contribution in [0.4, 0.5) is 0 Å². The van der Waals surface area contributed by atoms with Gasteiger partial charge in [0.2, 0.25) is 0 Å². The summed E-state index contributed by atoms with van der Waals surface area (Å²) >= 11 is 0. The zero-order valence-corrected chi connectivity index (χ0v) is 12.4. The molecule has 0 saturated carbocycles. The highest BCUT2D eigenvalue weighted by molar-refractivity contribution is 5.94. The van der Waals surface area contributed by atoms with Crippen molar-refractivity contribution in [3.05, 3.63) is 33.2 Å². The minimum absolute atomic E-state index is 0.100. The van der Waals surface area contributed by atoms with Gasteiger partial charge in [-0.15, -0.1) is 0 Å². The molecule has 0 unspecified atom stereocenters. The van der Waals surface area contributed by atoms with Crippen LogP contribution in [-0.2, 0) is 19.5 Å². The third-order valence-electron chi connectivity index (χ3n) is 3.94. The second-order valence-corrected chi connectivity index (χ2v) is 5.60. The fourth-order valence-corrected chi connectivity index (χ4v) is 2.81. The van der Waals surface area contributed by atoms with Crippen molar-refractivity contribution in [2.24, 2.45) is 5.73 Å². The average molecular weight is 276 g/mol. The van der Waals surface area contributed by atoms with Crippen LogP contribution in [0.15, 0.2) is 10.9 Å². The maximum absolute atomic E-state index is 12.5.